The molecule has 0 unspecified atom stereocenters. The van der Waals surface area contributed by atoms with Crippen molar-refractivity contribution in [3.05, 3.63) is 60.4 Å². The highest BCUT2D eigenvalue weighted by atomic mass is 16.4. The zero-order valence-electron chi connectivity index (χ0n) is 18.5. The molecule has 0 radical (unpaired) electrons. The number of carbonyl (C=O) groups excluding carboxylic acids is 1. The van der Waals surface area contributed by atoms with Gasteiger partial charge in [-0.2, -0.15) is 0 Å². The Morgan fingerprint density at radius 3 is 1.97 bits per heavy atom. The smallest absolute Gasteiger partial charge is 0.414 e. The van der Waals surface area contributed by atoms with Crippen LogP contribution in [-0.4, -0.2) is 82.1 Å². The Morgan fingerprint density at radius 1 is 0.818 bits per heavy atom. The van der Waals surface area contributed by atoms with Gasteiger partial charge in [0.25, 0.3) is 0 Å². The minimum atomic E-state index is -1.82. The molecule has 1 aromatic carbocycles. The molecule has 0 bridgehead atoms. The van der Waals surface area contributed by atoms with Gasteiger partial charge >= 0.3 is 11.9 Å². The van der Waals surface area contributed by atoms with E-state index in [0.717, 1.165) is 64.3 Å². The van der Waals surface area contributed by atoms with E-state index in [1.165, 1.54) is 5.69 Å². The van der Waals surface area contributed by atoms with E-state index in [0.29, 0.717) is 5.91 Å². The number of amides is 1. The molecule has 2 aliphatic rings. The van der Waals surface area contributed by atoms with Crippen molar-refractivity contribution in [2.75, 3.05) is 44.2 Å². The van der Waals surface area contributed by atoms with Gasteiger partial charge < -0.3 is 20.0 Å². The summed E-state index contributed by atoms with van der Waals surface area (Å²) in [6.45, 7) is 6.37. The molecule has 0 aliphatic carbocycles. The number of nitrogens with zero attached hydrogens (tertiary/aromatic N) is 4. The van der Waals surface area contributed by atoms with Gasteiger partial charge in [0.2, 0.25) is 5.91 Å². The van der Waals surface area contributed by atoms with Crippen molar-refractivity contribution in [3.63, 3.8) is 0 Å². The fraction of sp³-hybridized carbons (Fsp3) is 0.417. The van der Waals surface area contributed by atoms with Gasteiger partial charge in [-0.3, -0.25) is 14.7 Å². The monoisotopic (exact) mass is 454 g/mol. The second kappa shape index (κ2) is 12.0. The molecule has 0 atom stereocenters. The minimum absolute atomic E-state index is 0.188. The summed E-state index contributed by atoms with van der Waals surface area (Å²) in [5.74, 6) is -3.10. The van der Waals surface area contributed by atoms with Crippen LogP contribution in [0.2, 0.25) is 0 Å². The van der Waals surface area contributed by atoms with E-state index < -0.39 is 11.9 Å². The number of aliphatic carboxylic acids is 2. The van der Waals surface area contributed by atoms with Gasteiger partial charge in [-0.1, -0.05) is 24.3 Å². The zero-order chi connectivity index (χ0) is 23.6. The van der Waals surface area contributed by atoms with Crippen LogP contribution in [0.1, 0.15) is 18.5 Å². The maximum absolute atomic E-state index is 12.9. The molecular weight excluding hydrogens is 424 g/mol. The van der Waals surface area contributed by atoms with Gasteiger partial charge in [-0.05, 0) is 50.2 Å². The van der Waals surface area contributed by atoms with Crippen molar-refractivity contribution in [1.29, 1.82) is 0 Å². The minimum Gasteiger partial charge on any atom is -0.473 e. The van der Waals surface area contributed by atoms with Crippen LogP contribution in [0.15, 0.2) is 54.7 Å². The number of hydrogen-bond acceptors (Lipinski definition) is 6. The fourth-order valence-corrected chi connectivity index (χ4v) is 4.14. The number of carboxylic acids is 2. The van der Waals surface area contributed by atoms with E-state index in [4.69, 9.17) is 19.8 Å². The molecule has 2 N–H and O–H groups in total. The van der Waals surface area contributed by atoms with Crippen LogP contribution in [0, 0.1) is 5.92 Å². The van der Waals surface area contributed by atoms with Crippen molar-refractivity contribution in [2.45, 2.75) is 19.4 Å². The van der Waals surface area contributed by atoms with Crippen LogP contribution in [0.25, 0.3) is 0 Å². The molecule has 33 heavy (non-hydrogen) atoms. The van der Waals surface area contributed by atoms with Gasteiger partial charge in [0.15, 0.2) is 0 Å². The lowest BCUT2D eigenvalue weighted by atomic mass is 9.95. The van der Waals surface area contributed by atoms with Gasteiger partial charge in [0.05, 0.1) is 5.69 Å². The van der Waals surface area contributed by atoms with Crippen LogP contribution in [0.4, 0.5) is 5.69 Å². The number of benzene rings is 1. The van der Waals surface area contributed by atoms with Crippen LogP contribution < -0.4 is 4.90 Å². The first-order chi connectivity index (χ1) is 15.9. The Bertz CT molecular complexity index is 897. The number of likely N-dealkylation sites (tertiary alicyclic amines) is 1. The number of anilines is 1. The highest BCUT2D eigenvalue weighted by Gasteiger charge is 2.30. The third kappa shape index (κ3) is 7.28. The Kier molecular flexibility index (Phi) is 8.77. The quantitative estimate of drug-likeness (QED) is 0.673. The second-order valence-corrected chi connectivity index (χ2v) is 8.13. The summed E-state index contributed by atoms with van der Waals surface area (Å²) in [5, 5.41) is 14.8. The molecule has 2 aliphatic heterocycles. The summed E-state index contributed by atoms with van der Waals surface area (Å²) in [5.41, 5.74) is 2.37. The number of carboxylic acid groups (broad SMARTS) is 2. The summed E-state index contributed by atoms with van der Waals surface area (Å²) in [6.07, 6.45) is 3.77. The topological polar surface area (TPSA) is 114 Å². The van der Waals surface area contributed by atoms with Crippen LogP contribution in [-0.2, 0) is 20.9 Å². The summed E-state index contributed by atoms with van der Waals surface area (Å²) < 4.78 is 0. The predicted octanol–water partition coefficient (Wildman–Crippen LogP) is 1.80. The van der Waals surface area contributed by atoms with Crippen LogP contribution >= 0.6 is 0 Å². The largest absolute Gasteiger partial charge is 0.473 e. The first-order valence-corrected chi connectivity index (χ1v) is 11.1. The number of pyridine rings is 1. The highest BCUT2D eigenvalue weighted by Crippen LogP contribution is 2.23. The molecule has 2 aromatic rings. The average molecular weight is 455 g/mol. The summed E-state index contributed by atoms with van der Waals surface area (Å²) >= 11 is 0. The van der Waals surface area contributed by atoms with Gasteiger partial charge in [0, 0.05) is 50.5 Å². The van der Waals surface area contributed by atoms with Gasteiger partial charge in [-0.15, -0.1) is 0 Å². The molecule has 176 valence electrons. The third-order valence-electron chi connectivity index (χ3n) is 5.94. The van der Waals surface area contributed by atoms with E-state index >= 15 is 0 Å². The Labute approximate surface area is 193 Å². The molecule has 9 nitrogen and oxygen atoms in total. The first kappa shape index (κ1) is 24.2. The zero-order valence-corrected chi connectivity index (χ0v) is 18.5. The number of aromatic nitrogens is 1. The average Bonchev–Trinajstić information content (AvgIpc) is 2.86. The Balaban J connectivity index is 0.000000454. The number of para-hydroxylation sites is 1. The van der Waals surface area contributed by atoms with Crippen molar-refractivity contribution in [1.82, 2.24) is 14.8 Å². The molecule has 4 rings (SSSR count). The van der Waals surface area contributed by atoms with Crippen molar-refractivity contribution < 1.29 is 24.6 Å². The number of hydrogen-bond donors (Lipinski definition) is 2. The van der Waals surface area contributed by atoms with E-state index in [1.807, 2.05) is 24.4 Å². The van der Waals surface area contributed by atoms with Gasteiger partial charge in [-0.25, -0.2) is 9.59 Å². The van der Waals surface area contributed by atoms with E-state index in [2.05, 4.69) is 50.0 Å². The number of carbonyl (C=O) groups is 3. The summed E-state index contributed by atoms with van der Waals surface area (Å²) in [4.78, 5) is 42.4. The lowest BCUT2D eigenvalue weighted by molar-refractivity contribution is -0.159. The molecule has 1 aromatic heterocycles. The van der Waals surface area contributed by atoms with E-state index in [-0.39, 0.29) is 5.92 Å². The number of piperidine rings is 1. The second-order valence-electron chi connectivity index (χ2n) is 8.13. The van der Waals surface area contributed by atoms with Crippen LogP contribution in [0.3, 0.4) is 0 Å². The standard InChI is InChI=1S/C22H28N4O.C2H2O4/c27-22(26-16-14-25(15-17-26)21-7-2-1-3-8-21)19-9-12-24(13-10-19)18-20-6-4-5-11-23-20;3-1(4)2(5)6/h1-8,11,19H,9-10,12-18H2;(H,3,4)(H,5,6). The molecule has 0 spiro atoms. The lowest BCUT2D eigenvalue weighted by Gasteiger charge is -2.39. The number of rotatable bonds is 4. The van der Waals surface area contributed by atoms with Crippen molar-refractivity contribution in [3.8, 4) is 0 Å². The van der Waals surface area contributed by atoms with Crippen molar-refractivity contribution >= 4 is 23.5 Å². The molecule has 9 heteroatoms. The highest BCUT2D eigenvalue weighted by molar-refractivity contribution is 6.27. The first-order valence-electron chi connectivity index (χ1n) is 11.1. The van der Waals surface area contributed by atoms with Crippen molar-refractivity contribution in [2.24, 2.45) is 5.92 Å². The summed E-state index contributed by atoms with van der Waals surface area (Å²) in [6, 6.07) is 16.5. The van der Waals surface area contributed by atoms with Gasteiger partial charge in [0.1, 0.15) is 0 Å². The molecule has 3 heterocycles. The maximum atomic E-state index is 12.9. The van der Waals surface area contributed by atoms with E-state index in [1.54, 1.807) is 0 Å². The molecule has 1 amide bonds. The Hall–Kier alpha value is -3.46. The SMILES string of the molecule is O=C(C1CCN(Cc2ccccn2)CC1)N1CCN(c2ccccc2)CC1.O=C(O)C(=O)O. The summed E-state index contributed by atoms with van der Waals surface area (Å²) in [7, 11) is 0. The fourth-order valence-electron chi connectivity index (χ4n) is 4.14. The normalized spacial score (nSPS) is 17.1. The third-order valence-corrected chi connectivity index (χ3v) is 5.94. The number of piperazine rings is 1. The van der Waals surface area contributed by atoms with Crippen LogP contribution in [0.5, 0.6) is 0 Å². The lowest BCUT2D eigenvalue weighted by Crippen LogP contribution is -2.51. The van der Waals surface area contributed by atoms with E-state index in [9.17, 15) is 4.79 Å². The molecule has 0 saturated carbocycles. The molecule has 2 saturated heterocycles. The molecular formula is C24H30N4O5. The molecule has 2 fully saturated rings. The predicted molar refractivity (Wildman–Crippen MR) is 123 cm³/mol. The maximum Gasteiger partial charge on any atom is 0.414 e. The Morgan fingerprint density at radius 2 is 1.42 bits per heavy atom.